The van der Waals surface area contributed by atoms with E-state index in [2.05, 4.69) is 62.4 Å². The average Bonchev–Trinajstić information content (AvgIpc) is 3.46. The summed E-state index contributed by atoms with van der Waals surface area (Å²) in [6, 6.07) is 14.5. The molecule has 1 aliphatic heterocycles. The van der Waals surface area contributed by atoms with Gasteiger partial charge in [0.15, 0.2) is 5.13 Å². The lowest BCUT2D eigenvalue weighted by atomic mass is 10.0. The van der Waals surface area contributed by atoms with Crippen molar-refractivity contribution in [3.8, 4) is 5.13 Å². The highest BCUT2D eigenvalue weighted by molar-refractivity contribution is 7.12. The van der Waals surface area contributed by atoms with Crippen LogP contribution in [0.1, 0.15) is 29.7 Å². The Balaban J connectivity index is 1.20. The van der Waals surface area contributed by atoms with Crippen LogP contribution in [0.3, 0.4) is 0 Å². The lowest BCUT2D eigenvalue weighted by molar-refractivity contribution is 0.140. The monoisotopic (exact) mass is 378 g/mol. The number of thiazole rings is 1. The molecule has 1 N–H and O–H groups in total. The van der Waals surface area contributed by atoms with Crippen molar-refractivity contribution in [2.45, 2.75) is 44.3 Å². The van der Waals surface area contributed by atoms with Crippen LogP contribution in [0.15, 0.2) is 54.2 Å². The summed E-state index contributed by atoms with van der Waals surface area (Å²) in [5, 5.41) is 6.90. The molecule has 5 rings (SSSR count). The Morgan fingerprint density at radius 3 is 2.74 bits per heavy atom. The fourth-order valence-corrected chi connectivity index (χ4v) is 5.29. The molecular weight excluding hydrogens is 352 g/mol. The maximum Gasteiger partial charge on any atom is 0.193 e. The van der Waals surface area contributed by atoms with Crippen LogP contribution in [0.2, 0.25) is 0 Å². The zero-order chi connectivity index (χ0) is 18.1. The van der Waals surface area contributed by atoms with Gasteiger partial charge in [0, 0.05) is 48.6 Å². The van der Waals surface area contributed by atoms with Crippen molar-refractivity contribution in [3.63, 3.8) is 0 Å². The number of aromatic nitrogens is 2. The Kier molecular flexibility index (Phi) is 4.82. The van der Waals surface area contributed by atoms with Crippen molar-refractivity contribution in [2.75, 3.05) is 13.1 Å². The fourth-order valence-electron chi connectivity index (χ4n) is 4.63. The maximum atomic E-state index is 4.44. The number of nitrogens with one attached hydrogen (secondary N) is 1. The van der Waals surface area contributed by atoms with Gasteiger partial charge in [0.05, 0.1) is 0 Å². The van der Waals surface area contributed by atoms with Gasteiger partial charge in [0.2, 0.25) is 0 Å². The van der Waals surface area contributed by atoms with Crippen molar-refractivity contribution in [2.24, 2.45) is 0 Å². The highest BCUT2D eigenvalue weighted by Gasteiger charge is 2.30. The van der Waals surface area contributed by atoms with E-state index in [-0.39, 0.29) is 0 Å². The summed E-state index contributed by atoms with van der Waals surface area (Å²) in [5.41, 5.74) is 4.40. The fraction of sp³-hybridized carbons (Fsp3) is 0.409. The van der Waals surface area contributed by atoms with E-state index in [9.17, 15) is 0 Å². The summed E-state index contributed by atoms with van der Waals surface area (Å²) in [5.74, 6) is 0. The number of fused-ring (bicyclic) bond motifs is 1. The highest BCUT2D eigenvalue weighted by Crippen LogP contribution is 2.27. The lowest BCUT2D eigenvalue weighted by Crippen LogP contribution is -2.49. The van der Waals surface area contributed by atoms with Crippen LogP contribution in [-0.2, 0) is 19.4 Å². The van der Waals surface area contributed by atoms with Gasteiger partial charge in [0.25, 0.3) is 0 Å². The molecule has 1 aliphatic carbocycles. The first-order chi connectivity index (χ1) is 13.4. The van der Waals surface area contributed by atoms with Gasteiger partial charge in [-0.3, -0.25) is 9.47 Å². The first-order valence-electron chi connectivity index (χ1n) is 9.97. The van der Waals surface area contributed by atoms with Gasteiger partial charge in [-0.25, -0.2) is 4.98 Å². The number of rotatable bonds is 5. The van der Waals surface area contributed by atoms with Crippen LogP contribution in [0.25, 0.3) is 5.13 Å². The van der Waals surface area contributed by atoms with Gasteiger partial charge in [-0.15, -0.1) is 11.3 Å². The normalized spacial score (nSPS) is 20.8. The molecule has 1 saturated heterocycles. The van der Waals surface area contributed by atoms with E-state index in [0.29, 0.717) is 12.1 Å². The third-order valence-corrected chi connectivity index (χ3v) is 6.80. The molecule has 0 radical (unpaired) electrons. The number of piperidine rings is 1. The minimum absolute atomic E-state index is 0.571. The van der Waals surface area contributed by atoms with E-state index in [1.54, 1.807) is 22.5 Å². The van der Waals surface area contributed by atoms with E-state index in [0.717, 1.165) is 18.2 Å². The second kappa shape index (κ2) is 7.58. The third-order valence-electron chi connectivity index (χ3n) is 6.03. The zero-order valence-corrected chi connectivity index (χ0v) is 16.4. The first kappa shape index (κ1) is 17.2. The molecule has 3 aromatic rings. The highest BCUT2D eigenvalue weighted by atomic mass is 32.1. The number of hydrogen-bond donors (Lipinski definition) is 1. The van der Waals surface area contributed by atoms with Crippen molar-refractivity contribution in [1.29, 1.82) is 0 Å². The van der Waals surface area contributed by atoms with Crippen LogP contribution in [0, 0.1) is 0 Å². The second-order valence-corrected chi connectivity index (χ2v) is 8.60. The Hall–Kier alpha value is -1.95. The van der Waals surface area contributed by atoms with Crippen LogP contribution in [0.4, 0.5) is 0 Å². The molecule has 1 unspecified atom stereocenters. The van der Waals surface area contributed by atoms with Crippen molar-refractivity contribution < 1.29 is 0 Å². The van der Waals surface area contributed by atoms with E-state index in [1.807, 2.05) is 11.6 Å². The van der Waals surface area contributed by atoms with E-state index >= 15 is 0 Å². The third kappa shape index (κ3) is 3.59. The summed E-state index contributed by atoms with van der Waals surface area (Å²) in [4.78, 5) is 7.17. The molecule has 0 amide bonds. The molecule has 1 aromatic carbocycles. The predicted molar refractivity (Wildman–Crippen MR) is 111 cm³/mol. The topological polar surface area (TPSA) is 33.1 Å². The Morgan fingerprint density at radius 1 is 1.11 bits per heavy atom. The molecule has 0 spiro atoms. The van der Waals surface area contributed by atoms with E-state index in [1.165, 1.54) is 37.9 Å². The molecule has 0 bridgehead atoms. The quantitative estimate of drug-likeness (QED) is 0.736. The molecule has 140 valence electrons. The Morgan fingerprint density at radius 2 is 1.96 bits per heavy atom. The SMILES string of the molecule is c1ccc2c(c1)CC(N1CCCC(NCc3cccn3-c3nccs3)C1)C2. The van der Waals surface area contributed by atoms with Gasteiger partial charge in [0.1, 0.15) is 0 Å². The van der Waals surface area contributed by atoms with Gasteiger partial charge in [-0.05, 0) is 55.5 Å². The largest absolute Gasteiger partial charge is 0.307 e. The summed E-state index contributed by atoms with van der Waals surface area (Å²) in [7, 11) is 0. The van der Waals surface area contributed by atoms with Crippen molar-refractivity contribution >= 4 is 11.3 Å². The van der Waals surface area contributed by atoms with Crippen LogP contribution >= 0.6 is 11.3 Å². The summed E-state index contributed by atoms with van der Waals surface area (Å²) >= 11 is 1.68. The minimum Gasteiger partial charge on any atom is -0.307 e. The molecule has 27 heavy (non-hydrogen) atoms. The molecule has 4 nitrogen and oxygen atoms in total. The first-order valence-corrected chi connectivity index (χ1v) is 10.8. The van der Waals surface area contributed by atoms with Crippen LogP contribution in [0.5, 0.6) is 0 Å². The maximum absolute atomic E-state index is 4.44. The summed E-state index contributed by atoms with van der Waals surface area (Å²) in [6.07, 6.45) is 8.98. The molecule has 1 fully saturated rings. The Bertz CT molecular complexity index is 860. The van der Waals surface area contributed by atoms with Crippen molar-refractivity contribution in [1.82, 2.24) is 19.8 Å². The predicted octanol–water partition coefficient (Wildman–Crippen LogP) is 3.66. The van der Waals surface area contributed by atoms with E-state index < -0.39 is 0 Å². The summed E-state index contributed by atoms with van der Waals surface area (Å²) < 4.78 is 2.20. The molecule has 1 atom stereocenters. The zero-order valence-electron chi connectivity index (χ0n) is 15.6. The molecule has 2 aromatic heterocycles. The standard InChI is InChI=1S/C22H26N4S/c1-2-6-18-14-21(13-17(18)5-1)25-10-3-7-19(16-25)24-15-20-8-4-11-26(20)22-23-9-12-27-22/h1-2,4-6,8-9,11-12,19,21,24H,3,7,10,13-16H2. The van der Waals surface area contributed by atoms with Gasteiger partial charge in [-0.1, -0.05) is 24.3 Å². The van der Waals surface area contributed by atoms with Gasteiger partial charge >= 0.3 is 0 Å². The van der Waals surface area contributed by atoms with Gasteiger partial charge < -0.3 is 5.32 Å². The van der Waals surface area contributed by atoms with E-state index in [4.69, 9.17) is 0 Å². The molecular formula is C22H26N4S. The lowest BCUT2D eigenvalue weighted by Gasteiger charge is -2.37. The number of likely N-dealkylation sites (tertiary alicyclic amines) is 1. The number of benzene rings is 1. The van der Waals surface area contributed by atoms with Crippen LogP contribution in [-0.4, -0.2) is 39.6 Å². The average molecular weight is 379 g/mol. The second-order valence-electron chi connectivity index (χ2n) is 7.73. The number of hydrogen-bond acceptors (Lipinski definition) is 4. The summed E-state index contributed by atoms with van der Waals surface area (Å²) in [6.45, 7) is 3.30. The minimum atomic E-state index is 0.571. The van der Waals surface area contributed by atoms with Crippen molar-refractivity contribution in [3.05, 3.63) is 71.0 Å². The molecule has 3 heterocycles. The molecule has 2 aliphatic rings. The Labute approximate surface area is 164 Å². The molecule has 5 heteroatoms. The number of nitrogens with zero attached hydrogens (tertiary/aromatic N) is 3. The van der Waals surface area contributed by atoms with Gasteiger partial charge in [-0.2, -0.15) is 0 Å². The smallest absolute Gasteiger partial charge is 0.193 e. The van der Waals surface area contributed by atoms with Crippen LogP contribution < -0.4 is 5.32 Å². The molecule has 0 saturated carbocycles.